The van der Waals surface area contributed by atoms with Gasteiger partial charge in [0.15, 0.2) is 9.84 Å². The first kappa shape index (κ1) is 17.1. The van der Waals surface area contributed by atoms with E-state index in [1.54, 1.807) is 19.9 Å². The van der Waals surface area contributed by atoms with Crippen LogP contribution in [0.1, 0.15) is 19.4 Å². The van der Waals surface area contributed by atoms with Gasteiger partial charge in [-0.25, -0.2) is 8.42 Å². The molecule has 6 nitrogen and oxygen atoms in total. The normalized spacial score (nSPS) is 12.4. The molecule has 0 spiro atoms. The Labute approximate surface area is 126 Å². The molecular weight excluding hydrogens is 348 g/mol. The molecule has 0 atom stereocenters. The molecule has 1 rings (SSSR count). The van der Waals surface area contributed by atoms with E-state index in [4.69, 9.17) is 0 Å². The van der Waals surface area contributed by atoms with Gasteiger partial charge in [-0.15, -0.1) is 0 Å². The van der Waals surface area contributed by atoms with Crippen LogP contribution < -0.4 is 5.32 Å². The molecule has 0 saturated carbocycles. The highest BCUT2D eigenvalue weighted by molar-refractivity contribution is 9.10. The van der Waals surface area contributed by atoms with E-state index >= 15 is 0 Å². The Morgan fingerprint density at radius 1 is 1.35 bits per heavy atom. The highest BCUT2D eigenvalue weighted by Crippen LogP contribution is 2.21. The fourth-order valence-corrected chi connectivity index (χ4v) is 2.37. The Hall–Kier alpha value is -0.990. The number of hydrogen-bond acceptors (Lipinski definition) is 5. The van der Waals surface area contributed by atoms with E-state index in [1.807, 2.05) is 0 Å². The molecular formula is C12H17BrN2O4S. The van der Waals surface area contributed by atoms with Crippen LogP contribution in [-0.4, -0.2) is 30.9 Å². The number of halogens is 1. The molecule has 1 aromatic rings. The second-order valence-corrected chi connectivity index (χ2v) is 8.78. The van der Waals surface area contributed by atoms with Crippen LogP contribution in [0.15, 0.2) is 22.7 Å². The topological polar surface area (TPSA) is 89.3 Å². The molecule has 0 saturated heterocycles. The van der Waals surface area contributed by atoms with E-state index in [0.29, 0.717) is 11.0 Å². The van der Waals surface area contributed by atoms with Crippen molar-refractivity contribution in [1.29, 1.82) is 0 Å². The highest BCUT2D eigenvalue weighted by atomic mass is 79.9. The average Bonchev–Trinajstić information content (AvgIpc) is 2.26. The average molecular weight is 365 g/mol. The van der Waals surface area contributed by atoms with E-state index in [1.165, 1.54) is 18.4 Å². The minimum absolute atomic E-state index is 0.00134. The number of benzene rings is 1. The molecule has 0 amide bonds. The van der Waals surface area contributed by atoms with E-state index in [2.05, 4.69) is 21.2 Å². The minimum Gasteiger partial charge on any atom is -0.311 e. The number of nitrogens with one attached hydrogen (secondary N) is 1. The lowest BCUT2D eigenvalue weighted by Crippen LogP contribution is -2.41. The summed E-state index contributed by atoms with van der Waals surface area (Å²) in [7, 11) is -3.17. The zero-order valence-electron chi connectivity index (χ0n) is 11.5. The van der Waals surface area contributed by atoms with E-state index < -0.39 is 19.5 Å². The van der Waals surface area contributed by atoms with Gasteiger partial charge in [0.1, 0.15) is 0 Å². The maximum atomic E-state index is 11.6. The largest absolute Gasteiger partial charge is 0.311 e. The molecule has 8 heteroatoms. The molecule has 1 N–H and O–H groups in total. The highest BCUT2D eigenvalue weighted by Gasteiger charge is 2.29. The third kappa shape index (κ3) is 4.53. The predicted molar refractivity (Wildman–Crippen MR) is 81.4 cm³/mol. The zero-order valence-corrected chi connectivity index (χ0v) is 13.9. The van der Waals surface area contributed by atoms with E-state index in [0.717, 1.165) is 5.56 Å². The Morgan fingerprint density at radius 3 is 2.45 bits per heavy atom. The molecule has 0 aliphatic carbocycles. The lowest BCUT2D eigenvalue weighted by molar-refractivity contribution is -0.385. The second-order valence-electron chi connectivity index (χ2n) is 5.21. The van der Waals surface area contributed by atoms with Crippen LogP contribution in [0.25, 0.3) is 0 Å². The quantitative estimate of drug-likeness (QED) is 0.617. The van der Waals surface area contributed by atoms with Crippen LogP contribution in [0.2, 0.25) is 0 Å². The van der Waals surface area contributed by atoms with Crippen molar-refractivity contribution in [2.24, 2.45) is 0 Å². The van der Waals surface area contributed by atoms with Crippen molar-refractivity contribution < 1.29 is 13.3 Å². The molecule has 0 heterocycles. The van der Waals surface area contributed by atoms with Gasteiger partial charge < -0.3 is 5.32 Å². The Bertz CT molecular complexity index is 614. The first-order valence-corrected chi connectivity index (χ1v) is 8.55. The van der Waals surface area contributed by atoms with E-state index in [-0.39, 0.29) is 12.2 Å². The Morgan fingerprint density at radius 2 is 1.95 bits per heavy atom. The third-order valence-electron chi connectivity index (χ3n) is 3.04. The number of hydrogen-bond donors (Lipinski definition) is 1. The molecule has 0 aliphatic rings. The van der Waals surface area contributed by atoms with Gasteiger partial charge in [0.05, 0.1) is 9.67 Å². The van der Waals surface area contributed by atoms with Crippen LogP contribution >= 0.6 is 15.9 Å². The van der Waals surface area contributed by atoms with Gasteiger partial charge in [0.2, 0.25) is 0 Å². The molecule has 0 unspecified atom stereocenters. The second kappa shape index (κ2) is 6.19. The summed E-state index contributed by atoms with van der Waals surface area (Å²) in [5.74, 6) is 0. The summed E-state index contributed by atoms with van der Waals surface area (Å²) in [5, 5.41) is 13.8. The van der Waals surface area contributed by atoms with Crippen molar-refractivity contribution in [3.8, 4) is 0 Å². The van der Waals surface area contributed by atoms with Gasteiger partial charge in [-0.2, -0.15) is 0 Å². The number of nitro benzene ring substituents is 1. The smallest absolute Gasteiger partial charge is 0.270 e. The van der Waals surface area contributed by atoms with Crippen LogP contribution in [-0.2, 0) is 16.4 Å². The fraction of sp³-hybridized carbons (Fsp3) is 0.500. The number of nitrogens with zero attached hydrogens (tertiary/aromatic N) is 1. The first-order valence-electron chi connectivity index (χ1n) is 5.87. The van der Waals surface area contributed by atoms with Gasteiger partial charge in [0, 0.05) is 36.0 Å². The number of non-ortho nitro benzene ring substituents is 1. The van der Waals surface area contributed by atoms with Crippen LogP contribution in [0.3, 0.4) is 0 Å². The zero-order chi connectivity index (χ0) is 15.6. The van der Waals surface area contributed by atoms with Crippen LogP contribution in [0.4, 0.5) is 5.69 Å². The van der Waals surface area contributed by atoms with Crippen molar-refractivity contribution in [1.82, 2.24) is 5.32 Å². The van der Waals surface area contributed by atoms with Crippen molar-refractivity contribution in [3.05, 3.63) is 38.3 Å². The monoisotopic (exact) mass is 364 g/mol. The summed E-state index contributed by atoms with van der Waals surface area (Å²) in [4.78, 5) is 10.3. The van der Waals surface area contributed by atoms with Crippen molar-refractivity contribution in [3.63, 3.8) is 0 Å². The molecule has 0 aromatic heterocycles. The van der Waals surface area contributed by atoms with Crippen molar-refractivity contribution in [2.45, 2.75) is 25.1 Å². The molecule has 0 aliphatic heterocycles. The summed E-state index contributed by atoms with van der Waals surface area (Å²) in [6.45, 7) is 3.91. The van der Waals surface area contributed by atoms with Gasteiger partial charge in [-0.1, -0.05) is 15.9 Å². The lowest BCUT2D eigenvalue weighted by atomic mass is 10.1. The van der Waals surface area contributed by atoms with Crippen molar-refractivity contribution >= 4 is 31.5 Å². The Kier molecular flexibility index (Phi) is 5.28. The Balaban J connectivity index is 2.74. The number of sulfone groups is 1. The fourth-order valence-electron chi connectivity index (χ4n) is 1.48. The third-order valence-corrected chi connectivity index (χ3v) is 5.65. The van der Waals surface area contributed by atoms with Gasteiger partial charge >= 0.3 is 0 Å². The van der Waals surface area contributed by atoms with Gasteiger partial charge in [-0.3, -0.25) is 10.1 Å². The number of rotatable bonds is 6. The van der Waals surface area contributed by atoms with Crippen LogP contribution in [0, 0.1) is 10.1 Å². The summed E-state index contributed by atoms with van der Waals surface area (Å²) in [6, 6.07) is 4.64. The summed E-state index contributed by atoms with van der Waals surface area (Å²) in [6.07, 6.45) is 1.19. The summed E-state index contributed by atoms with van der Waals surface area (Å²) < 4.78 is 22.8. The molecule has 1 aromatic carbocycles. The molecule has 0 radical (unpaired) electrons. The minimum atomic E-state index is -3.17. The van der Waals surface area contributed by atoms with Crippen LogP contribution in [0.5, 0.6) is 0 Å². The summed E-state index contributed by atoms with van der Waals surface area (Å²) in [5.41, 5.74) is 0.717. The SMILES string of the molecule is CC(C)(CNCc1cc(Br)cc([N+](=O)[O-])c1)S(C)(=O)=O. The molecule has 0 fully saturated rings. The van der Waals surface area contributed by atoms with Crippen molar-refractivity contribution in [2.75, 3.05) is 12.8 Å². The maximum Gasteiger partial charge on any atom is 0.270 e. The maximum absolute atomic E-state index is 11.6. The van der Waals surface area contributed by atoms with E-state index in [9.17, 15) is 18.5 Å². The standard InChI is InChI=1S/C12H17BrN2O4S/c1-12(2,20(3,18)19)8-14-7-9-4-10(13)6-11(5-9)15(16)17/h4-6,14H,7-8H2,1-3H3. The molecule has 112 valence electrons. The lowest BCUT2D eigenvalue weighted by Gasteiger charge is -2.22. The predicted octanol–water partition coefficient (Wildman–Crippen LogP) is 2.27. The van der Waals surface area contributed by atoms with Gasteiger partial charge in [0.25, 0.3) is 5.69 Å². The first-order chi connectivity index (χ1) is 9.03. The van der Waals surface area contributed by atoms with Gasteiger partial charge in [-0.05, 0) is 25.5 Å². The number of nitro groups is 1. The summed E-state index contributed by atoms with van der Waals surface area (Å²) >= 11 is 3.22. The molecule has 20 heavy (non-hydrogen) atoms. The molecule has 0 bridgehead atoms.